The van der Waals surface area contributed by atoms with Crippen LogP contribution in [0.5, 0.6) is 5.75 Å². The maximum atomic E-state index is 14.5. The molecule has 3 aromatic carbocycles. The van der Waals surface area contributed by atoms with E-state index in [0.29, 0.717) is 18.7 Å². The number of amides is 1. The third kappa shape index (κ3) is 5.27. The minimum absolute atomic E-state index is 0.126. The second kappa shape index (κ2) is 10.6. The van der Waals surface area contributed by atoms with Crippen LogP contribution in [0.4, 0.5) is 10.1 Å². The summed E-state index contributed by atoms with van der Waals surface area (Å²) in [5.74, 6) is -0.779. The predicted molar refractivity (Wildman–Crippen MR) is 134 cm³/mol. The van der Waals surface area contributed by atoms with Gasteiger partial charge in [0, 0.05) is 18.0 Å². The van der Waals surface area contributed by atoms with Gasteiger partial charge in [0.2, 0.25) is 0 Å². The zero-order valence-corrected chi connectivity index (χ0v) is 20.4. The maximum Gasteiger partial charge on any atom is 0.257 e. The van der Waals surface area contributed by atoms with Gasteiger partial charge in [-0.2, -0.15) is 0 Å². The van der Waals surface area contributed by atoms with Crippen molar-refractivity contribution < 1.29 is 19.0 Å². The van der Waals surface area contributed by atoms with Crippen LogP contribution < -0.4 is 9.64 Å². The first-order chi connectivity index (χ1) is 16.4. The van der Waals surface area contributed by atoms with E-state index < -0.39 is 17.2 Å². The van der Waals surface area contributed by atoms with Gasteiger partial charge < -0.3 is 19.6 Å². The topological polar surface area (TPSA) is 53.0 Å². The normalized spacial score (nSPS) is 18.1. The van der Waals surface area contributed by atoms with Gasteiger partial charge in [-0.05, 0) is 61.5 Å². The highest BCUT2D eigenvalue weighted by Crippen LogP contribution is 2.46. The van der Waals surface area contributed by atoms with E-state index in [0.717, 1.165) is 22.6 Å². The largest absolute Gasteiger partial charge is 0.494 e. The van der Waals surface area contributed by atoms with Gasteiger partial charge in [0.25, 0.3) is 5.91 Å². The minimum atomic E-state index is -1.31. The molecule has 1 N–H and O–H groups in total. The van der Waals surface area contributed by atoms with Crippen LogP contribution >= 0.6 is 11.8 Å². The minimum Gasteiger partial charge on any atom is -0.494 e. The van der Waals surface area contributed by atoms with Crippen molar-refractivity contribution in [2.24, 2.45) is 0 Å². The Morgan fingerprint density at radius 2 is 1.82 bits per heavy atom. The molecule has 7 heteroatoms. The Labute approximate surface area is 204 Å². The van der Waals surface area contributed by atoms with E-state index in [9.17, 15) is 14.3 Å². The van der Waals surface area contributed by atoms with E-state index in [4.69, 9.17) is 4.74 Å². The molecular weight excluding hydrogens is 451 g/mol. The molecule has 0 aromatic heterocycles. The Bertz CT molecular complexity index is 1160. The van der Waals surface area contributed by atoms with Gasteiger partial charge in [0.05, 0.1) is 18.0 Å². The second-order valence-corrected chi connectivity index (χ2v) is 9.82. The molecule has 1 aliphatic rings. The van der Waals surface area contributed by atoms with Crippen molar-refractivity contribution in [2.75, 3.05) is 39.2 Å². The molecule has 5 nitrogen and oxygen atoms in total. The van der Waals surface area contributed by atoms with Crippen LogP contribution in [0.1, 0.15) is 21.9 Å². The highest BCUT2D eigenvalue weighted by Gasteiger charge is 2.37. The molecule has 0 radical (unpaired) electrons. The maximum absolute atomic E-state index is 14.5. The van der Waals surface area contributed by atoms with E-state index in [1.807, 2.05) is 49.3 Å². The molecule has 178 valence electrons. The molecule has 34 heavy (non-hydrogen) atoms. The number of fused-ring (bicyclic) bond motifs is 1. The number of benzene rings is 3. The highest BCUT2D eigenvalue weighted by molar-refractivity contribution is 7.99. The number of thioether (sulfide) groups is 1. The summed E-state index contributed by atoms with van der Waals surface area (Å²) in [6, 6.07) is 20.8. The van der Waals surface area contributed by atoms with Gasteiger partial charge in [-0.3, -0.25) is 4.79 Å². The zero-order valence-electron chi connectivity index (χ0n) is 19.6. The third-order valence-corrected chi connectivity index (χ3v) is 7.27. The summed E-state index contributed by atoms with van der Waals surface area (Å²) in [4.78, 5) is 18.0. The number of aliphatic hydroxyl groups excluding tert-OH is 1. The lowest BCUT2D eigenvalue weighted by molar-refractivity contribution is -0.126. The molecule has 0 fully saturated rings. The number of rotatable bonds is 7. The summed E-state index contributed by atoms with van der Waals surface area (Å²) in [7, 11) is 5.30. The first kappa shape index (κ1) is 24.3. The van der Waals surface area contributed by atoms with Crippen molar-refractivity contribution in [3.8, 4) is 5.75 Å². The number of hydrogen-bond acceptors (Lipinski definition) is 5. The lowest BCUT2D eigenvalue weighted by Crippen LogP contribution is -2.43. The number of methoxy groups -OCH3 is 1. The fourth-order valence-corrected chi connectivity index (χ4v) is 5.39. The number of ether oxygens (including phenoxy) is 1. The Morgan fingerprint density at radius 3 is 2.50 bits per heavy atom. The van der Waals surface area contributed by atoms with Gasteiger partial charge >= 0.3 is 0 Å². The standard InChI is InChI=1S/C27H29FN2O3S/c1-29(2)13-14-30-22-11-9-19(15-18-7-5-4-6-8-18)16-24(22)34-26(25(31)27(30)32)20-10-12-23(33-3)21(28)17-20/h4-12,16-17,25-26,31H,13-15H2,1-3H3. The molecule has 0 spiro atoms. The Kier molecular flexibility index (Phi) is 7.56. The van der Waals surface area contributed by atoms with Crippen LogP contribution in [0.25, 0.3) is 0 Å². The van der Waals surface area contributed by atoms with Crippen molar-refractivity contribution in [1.29, 1.82) is 0 Å². The molecule has 0 saturated heterocycles. The molecule has 0 bridgehead atoms. The van der Waals surface area contributed by atoms with E-state index in [2.05, 4.69) is 18.2 Å². The Hall–Kier alpha value is -2.87. The number of hydrogen-bond donors (Lipinski definition) is 1. The number of halogens is 1. The van der Waals surface area contributed by atoms with Gasteiger partial charge in [0.1, 0.15) is 6.10 Å². The molecule has 1 amide bonds. The van der Waals surface area contributed by atoms with Crippen molar-refractivity contribution in [2.45, 2.75) is 22.7 Å². The average molecular weight is 481 g/mol. The number of carbonyl (C=O) groups is 1. The van der Waals surface area contributed by atoms with Gasteiger partial charge in [-0.15, -0.1) is 11.8 Å². The number of carbonyl (C=O) groups excluding carboxylic acids is 1. The quantitative estimate of drug-likeness (QED) is 0.539. The lowest BCUT2D eigenvalue weighted by atomic mass is 10.0. The van der Waals surface area contributed by atoms with Crippen LogP contribution in [0.2, 0.25) is 0 Å². The smallest absolute Gasteiger partial charge is 0.257 e. The van der Waals surface area contributed by atoms with Crippen molar-refractivity contribution in [1.82, 2.24) is 4.90 Å². The summed E-state index contributed by atoms with van der Waals surface area (Å²) < 4.78 is 19.5. The molecule has 3 aromatic rings. The summed E-state index contributed by atoms with van der Waals surface area (Å²) in [6.07, 6.45) is -0.560. The molecule has 1 heterocycles. The lowest BCUT2D eigenvalue weighted by Gasteiger charge is -2.26. The van der Waals surface area contributed by atoms with Crippen molar-refractivity contribution in [3.05, 3.63) is 89.2 Å². The molecule has 4 rings (SSSR count). The third-order valence-electron chi connectivity index (χ3n) is 5.90. The highest BCUT2D eigenvalue weighted by atomic mass is 32.2. The van der Waals surface area contributed by atoms with E-state index in [1.165, 1.54) is 36.6 Å². The number of aliphatic hydroxyl groups is 1. The average Bonchev–Trinajstić information content (AvgIpc) is 2.93. The number of anilines is 1. The monoisotopic (exact) mass is 480 g/mol. The van der Waals surface area contributed by atoms with Gasteiger partial charge in [-0.25, -0.2) is 4.39 Å². The van der Waals surface area contributed by atoms with Crippen molar-refractivity contribution in [3.63, 3.8) is 0 Å². The van der Waals surface area contributed by atoms with Crippen LogP contribution in [0.15, 0.2) is 71.6 Å². The van der Waals surface area contributed by atoms with Crippen molar-refractivity contribution >= 4 is 23.4 Å². The van der Waals surface area contributed by atoms with E-state index in [1.54, 1.807) is 11.0 Å². The molecule has 0 aliphatic carbocycles. The molecular formula is C27H29FN2O3S. The summed E-state index contributed by atoms with van der Waals surface area (Å²) in [6.45, 7) is 1.09. The van der Waals surface area contributed by atoms with Gasteiger partial charge in [-0.1, -0.05) is 42.5 Å². The Balaban J connectivity index is 1.74. The molecule has 1 aliphatic heterocycles. The first-order valence-corrected chi connectivity index (χ1v) is 12.1. The number of likely N-dealkylation sites (N-methyl/N-ethyl adjacent to an activating group) is 1. The van der Waals surface area contributed by atoms with Gasteiger partial charge in [0.15, 0.2) is 11.6 Å². The summed E-state index contributed by atoms with van der Waals surface area (Å²) >= 11 is 1.39. The fraction of sp³-hybridized carbons (Fsp3) is 0.296. The zero-order chi connectivity index (χ0) is 24.2. The SMILES string of the molecule is COc1ccc(C2Sc3cc(Cc4ccccc4)ccc3N(CCN(C)C)C(=O)C2O)cc1F. The summed E-state index contributed by atoms with van der Waals surface area (Å²) in [5.41, 5.74) is 3.60. The molecule has 0 saturated carbocycles. The van der Waals surface area contributed by atoms with E-state index >= 15 is 0 Å². The number of nitrogens with zero attached hydrogens (tertiary/aromatic N) is 2. The predicted octanol–water partition coefficient (Wildman–Crippen LogP) is 4.53. The molecule has 2 unspecified atom stereocenters. The second-order valence-electron chi connectivity index (χ2n) is 8.63. The molecule has 2 atom stereocenters. The van der Waals surface area contributed by atoms with Crippen LogP contribution in [0, 0.1) is 5.82 Å². The fourth-order valence-electron chi connectivity index (χ4n) is 4.07. The van der Waals surface area contributed by atoms with Crippen LogP contribution in [-0.2, 0) is 11.2 Å². The van der Waals surface area contributed by atoms with Crippen LogP contribution in [0.3, 0.4) is 0 Å². The van der Waals surface area contributed by atoms with Crippen LogP contribution in [-0.4, -0.2) is 56.3 Å². The Morgan fingerprint density at radius 1 is 1.06 bits per heavy atom. The first-order valence-electron chi connectivity index (χ1n) is 11.2. The summed E-state index contributed by atoms with van der Waals surface area (Å²) in [5, 5.41) is 10.5. The van der Waals surface area contributed by atoms with E-state index in [-0.39, 0.29) is 11.7 Å².